The first-order valence-corrected chi connectivity index (χ1v) is 9.53. The monoisotopic (exact) mass is 371 g/mol. The second-order valence-corrected chi connectivity index (χ2v) is 7.81. The van der Waals surface area contributed by atoms with Gasteiger partial charge in [0.1, 0.15) is 11.6 Å². The highest BCUT2D eigenvalue weighted by Gasteiger charge is 2.48. The number of benzene rings is 2. The molecule has 4 rings (SSSR count). The molecule has 0 amide bonds. The van der Waals surface area contributed by atoms with Gasteiger partial charge in [-0.15, -0.1) is 0 Å². The summed E-state index contributed by atoms with van der Waals surface area (Å²) in [5.41, 5.74) is 1.87. The van der Waals surface area contributed by atoms with Crippen molar-refractivity contribution in [2.24, 2.45) is 0 Å². The fraction of sp³-hybridized carbons (Fsp3) is 0.455. The smallest absolute Gasteiger partial charge is 0.124 e. The van der Waals surface area contributed by atoms with Crippen molar-refractivity contribution in [2.75, 3.05) is 7.11 Å². The van der Waals surface area contributed by atoms with Crippen molar-refractivity contribution in [3.05, 3.63) is 65.0 Å². The van der Waals surface area contributed by atoms with Crippen LogP contribution in [0, 0.1) is 5.82 Å². The zero-order valence-corrected chi connectivity index (χ0v) is 15.6. The van der Waals surface area contributed by atoms with Gasteiger partial charge in [0.05, 0.1) is 19.3 Å². The Labute approximate surface area is 159 Å². The molecule has 27 heavy (non-hydrogen) atoms. The van der Waals surface area contributed by atoms with Gasteiger partial charge in [-0.2, -0.15) is 0 Å². The average molecular weight is 371 g/mol. The number of hydrogen-bond acceptors (Lipinski definition) is 4. The quantitative estimate of drug-likeness (QED) is 0.846. The summed E-state index contributed by atoms with van der Waals surface area (Å²) in [4.78, 5) is 2.47. The zero-order chi connectivity index (χ0) is 19.0. The van der Waals surface area contributed by atoms with E-state index in [4.69, 9.17) is 4.74 Å². The third-order valence-electron chi connectivity index (χ3n) is 6.18. The Hall–Kier alpha value is -1.95. The summed E-state index contributed by atoms with van der Waals surface area (Å²) in [5.74, 6) is 0.426. The standard InChI is InChI=1S/C22H26FNO3/c1-27-21-9-2-15(10-16(21)14-25)13-24-19-7-8-20(24)12-22(26,11-19)17-3-5-18(23)6-4-17/h2-6,9-10,19-20,25-26H,7-8,11-14H2,1H3. The summed E-state index contributed by atoms with van der Waals surface area (Å²) in [6.07, 6.45) is 3.46. The van der Waals surface area contributed by atoms with E-state index in [0.717, 1.165) is 36.1 Å². The number of fused-ring (bicyclic) bond motifs is 2. The molecular weight excluding hydrogens is 345 g/mol. The molecule has 2 aliphatic rings. The minimum absolute atomic E-state index is 0.0474. The summed E-state index contributed by atoms with van der Waals surface area (Å²) < 4.78 is 18.5. The van der Waals surface area contributed by atoms with Crippen LogP contribution in [0.3, 0.4) is 0 Å². The van der Waals surface area contributed by atoms with Crippen LogP contribution in [0.15, 0.2) is 42.5 Å². The topological polar surface area (TPSA) is 52.9 Å². The summed E-state index contributed by atoms with van der Waals surface area (Å²) >= 11 is 0. The maximum absolute atomic E-state index is 13.2. The van der Waals surface area contributed by atoms with E-state index in [0.29, 0.717) is 30.7 Å². The van der Waals surface area contributed by atoms with Crippen molar-refractivity contribution >= 4 is 0 Å². The predicted molar refractivity (Wildman–Crippen MR) is 101 cm³/mol. The van der Waals surface area contributed by atoms with Crippen LogP contribution in [0.5, 0.6) is 5.75 Å². The van der Waals surface area contributed by atoms with E-state index in [-0.39, 0.29) is 12.4 Å². The lowest BCUT2D eigenvalue weighted by Gasteiger charge is -2.44. The van der Waals surface area contributed by atoms with Crippen molar-refractivity contribution in [1.82, 2.24) is 4.90 Å². The van der Waals surface area contributed by atoms with Crippen molar-refractivity contribution in [2.45, 2.75) is 56.5 Å². The maximum atomic E-state index is 13.2. The number of hydrogen-bond donors (Lipinski definition) is 2. The van der Waals surface area contributed by atoms with Crippen LogP contribution in [-0.2, 0) is 18.8 Å². The van der Waals surface area contributed by atoms with Gasteiger partial charge in [0.25, 0.3) is 0 Å². The molecule has 2 aliphatic heterocycles. The fourth-order valence-electron chi connectivity index (χ4n) is 4.83. The van der Waals surface area contributed by atoms with E-state index in [1.54, 1.807) is 19.2 Å². The third-order valence-corrected chi connectivity index (χ3v) is 6.18. The Bertz CT molecular complexity index is 794. The van der Waals surface area contributed by atoms with Gasteiger partial charge in [-0.05, 0) is 61.1 Å². The molecule has 2 bridgehead atoms. The van der Waals surface area contributed by atoms with Crippen molar-refractivity contribution in [1.29, 1.82) is 0 Å². The van der Waals surface area contributed by atoms with E-state index in [1.165, 1.54) is 12.1 Å². The normalized spacial score (nSPS) is 27.7. The van der Waals surface area contributed by atoms with E-state index in [2.05, 4.69) is 4.90 Å². The molecule has 2 aromatic rings. The molecule has 2 unspecified atom stereocenters. The predicted octanol–water partition coefficient (Wildman–Crippen LogP) is 3.34. The summed E-state index contributed by atoms with van der Waals surface area (Å²) in [5, 5.41) is 20.8. The zero-order valence-electron chi connectivity index (χ0n) is 15.6. The van der Waals surface area contributed by atoms with Gasteiger partial charge in [-0.3, -0.25) is 4.90 Å². The average Bonchev–Trinajstić information content (AvgIpc) is 2.92. The van der Waals surface area contributed by atoms with Gasteiger partial charge >= 0.3 is 0 Å². The summed E-state index contributed by atoms with van der Waals surface area (Å²) in [7, 11) is 1.61. The van der Waals surface area contributed by atoms with Gasteiger partial charge in [0.15, 0.2) is 0 Å². The first-order valence-electron chi connectivity index (χ1n) is 9.53. The highest BCUT2D eigenvalue weighted by Crippen LogP contribution is 2.46. The van der Waals surface area contributed by atoms with Crippen LogP contribution in [0.25, 0.3) is 0 Å². The second kappa shape index (κ2) is 7.23. The van der Waals surface area contributed by atoms with Gasteiger partial charge in [-0.25, -0.2) is 4.39 Å². The molecule has 0 saturated carbocycles. The number of nitrogens with zero attached hydrogens (tertiary/aromatic N) is 1. The molecule has 0 aromatic heterocycles. The van der Waals surface area contributed by atoms with E-state index in [9.17, 15) is 14.6 Å². The molecule has 2 fully saturated rings. The molecule has 2 heterocycles. The lowest BCUT2D eigenvalue weighted by molar-refractivity contribution is -0.0595. The SMILES string of the molecule is COc1ccc(CN2C3CCC2CC(O)(c2ccc(F)cc2)C3)cc1CO. The Kier molecular flexibility index (Phi) is 4.93. The van der Waals surface area contributed by atoms with E-state index >= 15 is 0 Å². The van der Waals surface area contributed by atoms with Gasteiger partial charge in [-0.1, -0.05) is 18.2 Å². The van der Waals surface area contributed by atoms with Crippen LogP contribution >= 0.6 is 0 Å². The van der Waals surface area contributed by atoms with Crippen molar-refractivity contribution in [3.8, 4) is 5.75 Å². The first kappa shape index (κ1) is 18.4. The lowest BCUT2D eigenvalue weighted by Crippen LogP contribution is -2.49. The Balaban J connectivity index is 1.52. The number of aliphatic hydroxyl groups excluding tert-OH is 1. The number of ether oxygens (including phenoxy) is 1. The second-order valence-electron chi connectivity index (χ2n) is 7.81. The van der Waals surface area contributed by atoms with Crippen molar-refractivity contribution < 1.29 is 19.3 Å². The lowest BCUT2D eigenvalue weighted by atomic mass is 9.80. The Morgan fingerprint density at radius 2 is 1.78 bits per heavy atom. The molecule has 2 saturated heterocycles. The minimum atomic E-state index is -0.883. The summed E-state index contributed by atoms with van der Waals surface area (Å²) in [6, 6.07) is 12.8. The van der Waals surface area contributed by atoms with Gasteiger partial charge < -0.3 is 14.9 Å². The Morgan fingerprint density at radius 1 is 1.11 bits per heavy atom. The molecular formula is C22H26FNO3. The molecule has 2 N–H and O–H groups in total. The molecule has 4 nitrogen and oxygen atoms in total. The maximum Gasteiger partial charge on any atom is 0.124 e. The highest BCUT2D eigenvalue weighted by molar-refractivity contribution is 5.37. The number of methoxy groups -OCH3 is 1. The minimum Gasteiger partial charge on any atom is -0.496 e. The third kappa shape index (κ3) is 3.47. The molecule has 5 heteroatoms. The molecule has 0 spiro atoms. The van der Waals surface area contributed by atoms with Gasteiger partial charge in [0, 0.05) is 24.2 Å². The van der Waals surface area contributed by atoms with Crippen molar-refractivity contribution in [3.63, 3.8) is 0 Å². The van der Waals surface area contributed by atoms with Crippen LogP contribution in [0.2, 0.25) is 0 Å². The number of halogens is 1. The van der Waals surface area contributed by atoms with Crippen LogP contribution in [0.4, 0.5) is 4.39 Å². The molecule has 2 aromatic carbocycles. The molecule has 2 atom stereocenters. The molecule has 0 radical (unpaired) electrons. The summed E-state index contributed by atoms with van der Waals surface area (Å²) in [6.45, 7) is 0.750. The highest BCUT2D eigenvalue weighted by atomic mass is 19.1. The number of piperidine rings is 1. The first-order chi connectivity index (χ1) is 13.0. The Morgan fingerprint density at radius 3 is 2.37 bits per heavy atom. The number of aliphatic hydroxyl groups is 2. The van der Waals surface area contributed by atoms with Crippen LogP contribution in [0.1, 0.15) is 42.4 Å². The number of rotatable bonds is 5. The van der Waals surface area contributed by atoms with Crippen LogP contribution < -0.4 is 4.74 Å². The van der Waals surface area contributed by atoms with Crippen LogP contribution in [-0.4, -0.2) is 34.3 Å². The fourth-order valence-corrected chi connectivity index (χ4v) is 4.83. The molecule has 144 valence electrons. The molecule has 0 aliphatic carbocycles. The van der Waals surface area contributed by atoms with E-state index < -0.39 is 5.60 Å². The largest absolute Gasteiger partial charge is 0.496 e. The van der Waals surface area contributed by atoms with E-state index in [1.807, 2.05) is 18.2 Å². The van der Waals surface area contributed by atoms with Gasteiger partial charge in [0.2, 0.25) is 0 Å².